The SMILES string of the molecule is O=C(OCc1cc(-c2cccs2)on1)c1ccc(-n2cnnn2)cc1. The van der Waals surface area contributed by atoms with E-state index in [1.165, 1.54) is 11.0 Å². The van der Waals surface area contributed by atoms with Gasteiger partial charge in [0.25, 0.3) is 0 Å². The lowest BCUT2D eigenvalue weighted by Gasteiger charge is -2.04. The molecule has 0 bridgehead atoms. The highest BCUT2D eigenvalue weighted by atomic mass is 32.1. The summed E-state index contributed by atoms with van der Waals surface area (Å²) in [7, 11) is 0. The van der Waals surface area contributed by atoms with Crippen LogP contribution in [0.3, 0.4) is 0 Å². The van der Waals surface area contributed by atoms with Crippen molar-refractivity contribution in [2.24, 2.45) is 0 Å². The fourth-order valence-corrected chi connectivity index (χ4v) is 2.84. The lowest BCUT2D eigenvalue weighted by Crippen LogP contribution is -2.06. The predicted octanol–water partition coefficient (Wildman–Crippen LogP) is 2.74. The summed E-state index contributed by atoms with van der Waals surface area (Å²) in [5.41, 5.74) is 1.74. The zero-order valence-electron chi connectivity index (χ0n) is 12.8. The van der Waals surface area contributed by atoms with Crippen molar-refractivity contribution in [1.82, 2.24) is 25.4 Å². The zero-order valence-corrected chi connectivity index (χ0v) is 13.6. The van der Waals surface area contributed by atoms with E-state index in [9.17, 15) is 4.79 Å². The molecule has 25 heavy (non-hydrogen) atoms. The molecule has 0 aliphatic heterocycles. The first-order valence-corrected chi connectivity index (χ1v) is 8.17. The van der Waals surface area contributed by atoms with E-state index in [1.54, 1.807) is 41.7 Å². The van der Waals surface area contributed by atoms with Crippen LogP contribution in [0.25, 0.3) is 16.3 Å². The largest absolute Gasteiger partial charge is 0.455 e. The monoisotopic (exact) mass is 353 g/mol. The molecular weight excluding hydrogens is 342 g/mol. The highest BCUT2D eigenvalue weighted by molar-refractivity contribution is 7.13. The van der Waals surface area contributed by atoms with Gasteiger partial charge in [-0.05, 0) is 46.1 Å². The Kier molecular flexibility index (Phi) is 4.05. The molecular formula is C16H11N5O3S. The van der Waals surface area contributed by atoms with Gasteiger partial charge in [0.05, 0.1) is 16.1 Å². The third-order valence-electron chi connectivity index (χ3n) is 3.39. The third-order valence-corrected chi connectivity index (χ3v) is 4.28. The number of hydrogen-bond acceptors (Lipinski definition) is 8. The summed E-state index contributed by atoms with van der Waals surface area (Å²) in [6.07, 6.45) is 1.48. The summed E-state index contributed by atoms with van der Waals surface area (Å²) < 4.78 is 12.0. The van der Waals surface area contributed by atoms with Crippen LogP contribution in [0.15, 0.2) is 58.7 Å². The average molecular weight is 353 g/mol. The van der Waals surface area contributed by atoms with Crippen molar-refractivity contribution in [3.05, 3.63) is 65.4 Å². The number of carbonyl (C=O) groups is 1. The van der Waals surface area contributed by atoms with E-state index >= 15 is 0 Å². The number of nitrogens with zero attached hydrogens (tertiary/aromatic N) is 5. The minimum atomic E-state index is -0.441. The molecule has 3 heterocycles. The Bertz CT molecular complexity index is 962. The normalized spacial score (nSPS) is 10.7. The molecule has 9 heteroatoms. The predicted molar refractivity (Wildman–Crippen MR) is 88.1 cm³/mol. The summed E-state index contributed by atoms with van der Waals surface area (Å²) in [6, 6.07) is 12.4. The standard InChI is InChI=1S/C16H11N5O3S/c22-16(11-3-5-13(6-4-11)21-10-17-19-20-21)23-9-12-8-14(24-18-12)15-2-1-7-25-15/h1-8,10H,9H2. The van der Waals surface area contributed by atoms with Crippen LogP contribution in [0, 0.1) is 0 Å². The van der Waals surface area contributed by atoms with Gasteiger partial charge in [0, 0.05) is 6.07 Å². The summed E-state index contributed by atoms with van der Waals surface area (Å²) >= 11 is 1.55. The third kappa shape index (κ3) is 3.31. The summed E-state index contributed by atoms with van der Waals surface area (Å²) in [4.78, 5) is 13.1. The smallest absolute Gasteiger partial charge is 0.338 e. The number of tetrazole rings is 1. The molecule has 8 nitrogen and oxygen atoms in total. The highest BCUT2D eigenvalue weighted by Crippen LogP contribution is 2.25. The van der Waals surface area contributed by atoms with Gasteiger partial charge in [0.15, 0.2) is 5.76 Å². The second-order valence-corrected chi connectivity index (χ2v) is 5.98. The molecule has 0 N–H and O–H groups in total. The van der Waals surface area contributed by atoms with E-state index in [4.69, 9.17) is 9.26 Å². The van der Waals surface area contributed by atoms with E-state index in [0.29, 0.717) is 17.0 Å². The molecule has 0 radical (unpaired) electrons. The Morgan fingerprint density at radius 3 is 2.84 bits per heavy atom. The zero-order chi connectivity index (χ0) is 17.1. The number of carbonyl (C=O) groups excluding carboxylic acids is 1. The number of thiophene rings is 1. The van der Waals surface area contributed by atoms with E-state index in [1.807, 2.05) is 17.5 Å². The Balaban J connectivity index is 1.39. The van der Waals surface area contributed by atoms with Gasteiger partial charge >= 0.3 is 5.97 Å². The fourth-order valence-electron chi connectivity index (χ4n) is 2.17. The molecule has 0 atom stereocenters. The Labute approximate surface area is 145 Å². The minimum Gasteiger partial charge on any atom is -0.455 e. The second-order valence-electron chi connectivity index (χ2n) is 5.04. The van der Waals surface area contributed by atoms with E-state index in [-0.39, 0.29) is 6.61 Å². The molecule has 4 rings (SSSR count). The first-order chi connectivity index (χ1) is 12.3. The molecule has 0 spiro atoms. The van der Waals surface area contributed by atoms with Gasteiger partial charge in [0.1, 0.15) is 18.6 Å². The van der Waals surface area contributed by atoms with Crippen molar-refractivity contribution >= 4 is 17.3 Å². The molecule has 0 amide bonds. The number of aromatic nitrogens is 5. The lowest BCUT2D eigenvalue weighted by atomic mass is 10.2. The summed E-state index contributed by atoms with van der Waals surface area (Å²) in [6.45, 7) is 0.0441. The maximum absolute atomic E-state index is 12.1. The molecule has 0 aliphatic rings. The van der Waals surface area contributed by atoms with Gasteiger partial charge in [-0.3, -0.25) is 0 Å². The van der Waals surface area contributed by atoms with Crippen molar-refractivity contribution < 1.29 is 14.1 Å². The maximum Gasteiger partial charge on any atom is 0.338 e. The Hall–Kier alpha value is -3.33. The minimum absolute atomic E-state index is 0.0441. The first-order valence-electron chi connectivity index (χ1n) is 7.29. The van der Waals surface area contributed by atoms with Gasteiger partial charge in [-0.15, -0.1) is 16.4 Å². The second kappa shape index (κ2) is 6.65. The molecule has 1 aromatic carbocycles. The van der Waals surface area contributed by atoms with Gasteiger partial charge in [0.2, 0.25) is 0 Å². The Morgan fingerprint density at radius 2 is 2.12 bits per heavy atom. The van der Waals surface area contributed by atoms with Crippen LogP contribution < -0.4 is 0 Å². The first kappa shape index (κ1) is 15.2. The molecule has 0 saturated carbocycles. The van der Waals surface area contributed by atoms with Gasteiger partial charge in [-0.1, -0.05) is 11.2 Å². The topological polar surface area (TPSA) is 95.9 Å². The lowest BCUT2D eigenvalue weighted by molar-refractivity contribution is 0.0464. The van der Waals surface area contributed by atoms with Crippen LogP contribution in [-0.4, -0.2) is 31.3 Å². The summed E-state index contributed by atoms with van der Waals surface area (Å²) in [5.74, 6) is 0.218. The van der Waals surface area contributed by atoms with Crippen LogP contribution >= 0.6 is 11.3 Å². The summed E-state index contributed by atoms with van der Waals surface area (Å²) in [5, 5.41) is 16.8. The van der Waals surface area contributed by atoms with Crippen LogP contribution in [0.4, 0.5) is 0 Å². The molecule has 0 fully saturated rings. The Morgan fingerprint density at radius 1 is 1.24 bits per heavy atom. The molecule has 4 aromatic rings. The van der Waals surface area contributed by atoms with E-state index in [2.05, 4.69) is 20.7 Å². The van der Waals surface area contributed by atoms with Gasteiger partial charge in [-0.2, -0.15) is 0 Å². The van der Waals surface area contributed by atoms with E-state index in [0.717, 1.165) is 10.6 Å². The van der Waals surface area contributed by atoms with Crippen LogP contribution in [0.1, 0.15) is 16.1 Å². The highest BCUT2D eigenvalue weighted by Gasteiger charge is 2.12. The van der Waals surface area contributed by atoms with Gasteiger partial charge in [-0.25, -0.2) is 9.48 Å². The van der Waals surface area contributed by atoms with Crippen LogP contribution in [0.5, 0.6) is 0 Å². The quantitative estimate of drug-likeness (QED) is 0.509. The van der Waals surface area contributed by atoms with Crippen molar-refractivity contribution in [3.63, 3.8) is 0 Å². The van der Waals surface area contributed by atoms with Crippen LogP contribution in [0.2, 0.25) is 0 Å². The molecule has 124 valence electrons. The van der Waals surface area contributed by atoms with Crippen molar-refractivity contribution in [1.29, 1.82) is 0 Å². The number of esters is 1. The number of benzene rings is 1. The number of rotatable bonds is 5. The van der Waals surface area contributed by atoms with Crippen LogP contribution in [-0.2, 0) is 11.3 Å². The average Bonchev–Trinajstić information content (AvgIpc) is 3.42. The van der Waals surface area contributed by atoms with Crippen molar-refractivity contribution in [3.8, 4) is 16.3 Å². The van der Waals surface area contributed by atoms with Crippen molar-refractivity contribution in [2.75, 3.05) is 0 Å². The van der Waals surface area contributed by atoms with Gasteiger partial charge < -0.3 is 9.26 Å². The molecule has 0 aliphatic carbocycles. The molecule has 0 unspecified atom stereocenters. The van der Waals surface area contributed by atoms with E-state index < -0.39 is 5.97 Å². The fraction of sp³-hybridized carbons (Fsp3) is 0.0625. The number of ether oxygens (including phenoxy) is 1. The molecule has 3 aromatic heterocycles. The maximum atomic E-state index is 12.1. The molecule has 0 saturated heterocycles. The number of hydrogen-bond donors (Lipinski definition) is 0. The van der Waals surface area contributed by atoms with Crippen molar-refractivity contribution in [2.45, 2.75) is 6.61 Å².